The van der Waals surface area contributed by atoms with Crippen LogP contribution in [-0.2, 0) is 0 Å². The van der Waals surface area contributed by atoms with Crippen LogP contribution < -0.4 is 9.31 Å². The van der Waals surface area contributed by atoms with Crippen LogP contribution in [0.3, 0.4) is 0 Å². The second-order valence-corrected chi connectivity index (χ2v) is 9.50. The van der Waals surface area contributed by atoms with Gasteiger partial charge in [0.25, 0.3) is 0 Å². The van der Waals surface area contributed by atoms with Crippen molar-refractivity contribution in [3.63, 3.8) is 0 Å². The summed E-state index contributed by atoms with van der Waals surface area (Å²) in [6, 6.07) is 34.0. The van der Waals surface area contributed by atoms with Gasteiger partial charge in [-0.05, 0) is 24.3 Å². The lowest BCUT2D eigenvalue weighted by atomic mass is 10.1. The first-order valence-corrected chi connectivity index (χ1v) is 13.5. The van der Waals surface area contributed by atoms with E-state index in [1.807, 2.05) is 12.1 Å². The first kappa shape index (κ1) is 28.6. The van der Waals surface area contributed by atoms with E-state index in [4.69, 9.17) is 9.31 Å². The topological polar surface area (TPSA) is 154 Å². The molecule has 6 rings (SSSR count). The Labute approximate surface area is 255 Å². The molecule has 0 fully saturated rings. The van der Waals surface area contributed by atoms with Gasteiger partial charge in [-0.3, -0.25) is 20.2 Å². The Morgan fingerprint density at radius 1 is 0.489 bits per heavy atom. The molecule has 0 aliphatic carbocycles. The average Bonchev–Trinajstić information content (AvgIpc) is 3.07. The largest absolute Gasteiger partial charge is 0.658 e. The number of nitro groups is 2. The normalized spacial score (nSPS) is 11.3. The highest BCUT2D eigenvalue weighted by molar-refractivity contribution is 6.23. The minimum Gasteiger partial charge on any atom is -0.521 e. The van der Waals surface area contributed by atoms with Gasteiger partial charge in [0.15, 0.2) is 11.5 Å². The number of nitrogens with zero attached hydrogens (tertiary/aromatic N) is 6. The van der Waals surface area contributed by atoms with Crippen LogP contribution in [-0.4, -0.2) is 17.5 Å². The van der Waals surface area contributed by atoms with Crippen LogP contribution in [0.15, 0.2) is 142 Å². The van der Waals surface area contributed by atoms with Crippen molar-refractivity contribution in [1.29, 1.82) is 0 Å². The van der Waals surface area contributed by atoms with Crippen LogP contribution in [0.4, 0.5) is 34.1 Å². The summed E-state index contributed by atoms with van der Waals surface area (Å²) in [5.74, 6) is -0.260. The number of hydrogen-bond acceptors (Lipinski definition) is 10. The Balaban J connectivity index is 1.35. The Morgan fingerprint density at radius 3 is 1.22 bits per heavy atom. The monoisotopic (exact) mass is 595 g/mol. The van der Waals surface area contributed by atoms with Crippen LogP contribution in [0.25, 0.3) is 21.5 Å². The van der Waals surface area contributed by atoms with Crippen molar-refractivity contribution in [1.82, 2.24) is 0 Å². The van der Waals surface area contributed by atoms with E-state index in [0.717, 1.165) is 7.69 Å². The van der Waals surface area contributed by atoms with Crippen LogP contribution in [0.2, 0.25) is 0 Å². The standard InChI is InChI=1S/C32H20BN6O6/c40-38(41)29-19-27(36-34-21-11-3-1-4-12-21)23-15-7-9-17-25(23)31(29)44-33-45-32-26-18-10-8-16-24(26)28(20-30(32)39(42)43)37-35-22-13-5-2-6-14-22/h1-20H. The molecular weight excluding hydrogens is 575 g/mol. The van der Waals surface area contributed by atoms with Gasteiger partial charge in [-0.25, -0.2) is 0 Å². The molecule has 1 radical (unpaired) electrons. The van der Waals surface area contributed by atoms with Crippen molar-refractivity contribution >= 4 is 63.4 Å². The van der Waals surface area contributed by atoms with E-state index in [1.54, 1.807) is 97.1 Å². The van der Waals surface area contributed by atoms with E-state index in [-0.39, 0.29) is 22.9 Å². The zero-order valence-electron chi connectivity index (χ0n) is 23.3. The molecule has 0 saturated carbocycles. The molecule has 0 bridgehead atoms. The smallest absolute Gasteiger partial charge is 0.521 e. The van der Waals surface area contributed by atoms with E-state index in [2.05, 4.69) is 20.5 Å². The molecular formula is C32H20BN6O6. The maximum Gasteiger partial charge on any atom is 0.658 e. The molecule has 0 unspecified atom stereocenters. The molecule has 0 heterocycles. The lowest BCUT2D eigenvalue weighted by Gasteiger charge is -2.13. The summed E-state index contributed by atoms with van der Waals surface area (Å²) >= 11 is 0. The average molecular weight is 595 g/mol. The van der Waals surface area contributed by atoms with Gasteiger partial charge in [-0.15, -0.1) is 10.2 Å². The zero-order chi connectivity index (χ0) is 31.2. The van der Waals surface area contributed by atoms with E-state index in [1.165, 1.54) is 12.1 Å². The van der Waals surface area contributed by atoms with E-state index >= 15 is 0 Å². The SMILES string of the molecule is O=[N+]([O-])c1cc(N=Nc2ccccc2)c2ccccc2c1O[B]Oc1c([N+](=O)[O-])cc(N=Nc2ccccc2)c2ccccc12. The summed E-state index contributed by atoms with van der Waals surface area (Å²) in [4.78, 5) is 23.1. The van der Waals surface area contributed by atoms with Crippen LogP contribution in [0.5, 0.6) is 11.5 Å². The van der Waals surface area contributed by atoms with Crippen LogP contribution in [0, 0.1) is 20.2 Å². The highest BCUT2D eigenvalue weighted by atomic mass is 16.6. The molecule has 0 atom stereocenters. The van der Waals surface area contributed by atoms with Crippen molar-refractivity contribution in [3.8, 4) is 11.5 Å². The predicted molar refractivity (Wildman–Crippen MR) is 169 cm³/mol. The minimum absolute atomic E-state index is 0.130. The molecule has 0 amide bonds. The fraction of sp³-hybridized carbons (Fsp3) is 0. The molecule has 0 saturated heterocycles. The molecule has 6 aromatic carbocycles. The Hall–Kier alpha value is -6.50. The summed E-state index contributed by atoms with van der Waals surface area (Å²) < 4.78 is 11.5. The maximum absolute atomic E-state index is 12.1. The summed E-state index contributed by atoms with van der Waals surface area (Å²) in [5.41, 5.74) is 0.881. The summed E-state index contributed by atoms with van der Waals surface area (Å²) in [6.07, 6.45) is 0. The van der Waals surface area contributed by atoms with Crippen molar-refractivity contribution in [2.24, 2.45) is 20.5 Å². The third-order valence-electron chi connectivity index (χ3n) is 6.69. The highest BCUT2D eigenvalue weighted by Crippen LogP contribution is 2.44. The first-order chi connectivity index (χ1) is 22.0. The molecule has 12 nitrogen and oxygen atoms in total. The third-order valence-corrected chi connectivity index (χ3v) is 6.69. The van der Waals surface area contributed by atoms with Crippen LogP contribution >= 0.6 is 0 Å². The fourth-order valence-corrected chi connectivity index (χ4v) is 4.65. The Bertz CT molecular complexity index is 1960. The van der Waals surface area contributed by atoms with Crippen molar-refractivity contribution in [2.75, 3.05) is 0 Å². The van der Waals surface area contributed by atoms with Gasteiger partial charge >= 0.3 is 19.1 Å². The number of rotatable bonds is 10. The molecule has 0 N–H and O–H groups in total. The zero-order valence-corrected chi connectivity index (χ0v) is 23.3. The number of fused-ring (bicyclic) bond motifs is 2. The molecule has 13 heteroatoms. The number of azo groups is 2. The Morgan fingerprint density at radius 2 is 0.844 bits per heavy atom. The van der Waals surface area contributed by atoms with Gasteiger partial charge in [0.2, 0.25) is 0 Å². The predicted octanol–water partition coefficient (Wildman–Crippen LogP) is 9.63. The van der Waals surface area contributed by atoms with E-state index in [9.17, 15) is 20.2 Å². The van der Waals surface area contributed by atoms with Gasteiger partial charge in [0.1, 0.15) is 11.4 Å². The summed E-state index contributed by atoms with van der Waals surface area (Å²) in [7, 11) is 0.833. The molecule has 0 aromatic heterocycles. The highest BCUT2D eigenvalue weighted by Gasteiger charge is 2.26. The molecule has 0 spiro atoms. The second-order valence-electron chi connectivity index (χ2n) is 9.50. The van der Waals surface area contributed by atoms with Gasteiger partial charge in [-0.1, -0.05) is 84.9 Å². The second kappa shape index (κ2) is 12.8. The summed E-state index contributed by atoms with van der Waals surface area (Å²) in [5, 5.41) is 43.0. The number of hydrogen-bond donors (Lipinski definition) is 0. The van der Waals surface area contributed by atoms with Gasteiger partial charge < -0.3 is 9.31 Å². The number of nitro benzene ring substituents is 2. The van der Waals surface area contributed by atoms with E-state index < -0.39 is 21.2 Å². The maximum atomic E-state index is 12.1. The van der Waals surface area contributed by atoms with Gasteiger partial charge in [0, 0.05) is 33.7 Å². The quantitative estimate of drug-likeness (QED) is 0.0665. The third kappa shape index (κ3) is 6.17. The van der Waals surface area contributed by atoms with Gasteiger partial charge in [-0.2, -0.15) is 10.2 Å². The number of benzene rings is 6. The van der Waals surface area contributed by atoms with Gasteiger partial charge in [0.05, 0.1) is 21.2 Å². The van der Waals surface area contributed by atoms with Crippen molar-refractivity contribution < 1.29 is 19.2 Å². The molecule has 45 heavy (non-hydrogen) atoms. The summed E-state index contributed by atoms with van der Waals surface area (Å²) in [6.45, 7) is 0. The lowest BCUT2D eigenvalue weighted by molar-refractivity contribution is -0.385. The fourth-order valence-electron chi connectivity index (χ4n) is 4.65. The molecule has 217 valence electrons. The van der Waals surface area contributed by atoms with Crippen molar-refractivity contribution in [3.05, 3.63) is 142 Å². The van der Waals surface area contributed by atoms with Crippen LogP contribution in [0.1, 0.15) is 0 Å². The Kier molecular flexibility index (Phi) is 8.14. The van der Waals surface area contributed by atoms with E-state index in [0.29, 0.717) is 32.9 Å². The molecule has 6 aromatic rings. The van der Waals surface area contributed by atoms with Crippen molar-refractivity contribution in [2.45, 2.75) is 0 Å². The lowest BCUT2D eigenvalue weighted by Crippen LogP contribution is -2.13. The molecule has 0 aliphatic heterocycles. The first-order valence-electron chi connectivity index (χ1n) is 13.5. The minimum atomic E-state index is -0.610. The molecule has 0 aliphatic rings.